The molecule has 0 fully saturated rings. The van der Waals surface area contributed by atoms with Gasteiger partial charge in [-0.15, -0.1) is 6.42 Å². The Labute approximate surface area is 120 Å². The second kappa shape index (κ2) is 7.37. The summed E-state index contributed by atoms with van der Waals surface area (Å²) in [7, 11) is 5.22. The van der Waals surface area contributed by atoms with Crippen molar-refractivity contribution in [2.24, 2.45) is 0 Å². The van der Waals surface area contributed by atoms with Gasteiger partial charge in [-0.1, -0.05) is 24.6 Å². The first-order valence-electron chi connectivity index (χ1n) is 6.23. The molecule has 0 N–H and O–H groups in total. The second-order valence-corrected chi connectivity index (χ2v) is 4.77. The van der Waals surface area contributed by atoms with Gasteiger partial charge >= 0.3 is 6.09 Å². The van der Waals surface area contributed by atoms with E-state index >= 15 is 0 Å². The fraction of sp³-hybridized carbons (Fsp3) is 0.312. The Hall–Kier alpha value is -2.25. The predicted molar refractivity (Wildman–Crippen MR) is 81.5 cm³/mol. The number of benzene rings is 1. The molecule has 4 nitrogen and oxygen atoms in total. The standard InChI is InChI=1S/C16H20N2O2/c1-6-11-18(5)12-13(2)14-7-9-15(10-8-14)20-16(19)17(3)4/h1,7-10H,2,11-12H2,3-5H3. The van der Waals surface area contributed by atoms with Crippen LogP contribution in [0.4, 0.5) is 4.79 Å². The molecule has 0 spiro atoms. The van der Waals surface area contributed by atoms with Crippen molar-refractivity contribution in [3.05, 3.63) is 36.4 Å². The van der Waals surface area contributed by atoms with Crippen LogP contribution in [0.5, 0.6) is 5.75 Å². The second-order valence-electron chi connectivity index (χ2n) is 4.77. The Morgan fingerprint density at radius 1 is 1.30 bits per heavy atom. The lowest BCUT2D eigenvalue weighted by atomic mass is 10.1. The zero-order valence-electron chi connectivity index (χ0n) is 12.2. The van der Waals surface area contributed by atoms with E-state index in [1.54, 1.807) is 26.2 Å². The van der Waals surface area contributed by atoms with E-state index < -0.39 is 6.09 Å². The highest BCUT2D eigenvalue weighted by Crippen LogP contribution is 2.18. The third-order valence-electron chi connectivity index (χ3n) is 2.65. The van der Waals surface area contributed by atoms with Crippen LogP contribution < -0.4 is 4.74 Å². The van der Waals surface area contributed by atoms with E-state index in [9.17, 15) is 4.79 Å². The minimum atomic E-state index is -0.398. The average Bonchev–Trinajstić information content (AvgIpc) is 2.39. The van der Waals surface area contributed by atoms with Gasteiger partial charge in [0.2, 0.25) is 0 Å². The Bertz CT molecular complexity index is 512. The fourth-order valence-corrected chi connectivity index (χ4v) is 1.58. The molecule has 0 radical (unpaired) electrons. The predicted octanol–water partition coefficient (Wildman–Crippen LogP) is 2.33. The first kappa shape index (κ1) is 15.8. The number of carbonyl (C=O) groups excluding carboxylic acids is 1. The number of carbonyl (C=O) groups is 1. The van der Waals surface area contributed by atoms with Crippen molar-refractivity contribution in [3.63, 3.8) is 0 Å². The monoisotopic (exact) mass is 272 g/mol. The molecule has 0 unspecified atom stereocenters. The molecule has 0 saturated heterocycles. The van der Waals surface area contributed by atoms with Crippen LogP contribution in [-0.4, -0.2) is 50.1 Å². The lowest BCUT2D eigenvalue weighted by Crippen LogP contribution is -2.25. The lowest BCUT2D eigenvalue weighted by Gasteiger charge is -2.15. The zero-order valence-corrected chi connectivity index (χ0v) is 12.2. The van der Waals surface area contributed by atoms with Crippen molar-refractivity contribution in [2.75, 3.05) is 34.2 Å². The minimum Gasteiger partial charge on any atom is -0.410 e. The first-order valence-corrected chi connectivity index (χ1v) is 6.23. The summed E-state index contributed by atoms with van der Waals surface area (Å²) in [4.78, 5) is 14.8. The summed E-state index contributed by atoms with van der Waals surface area (Å²) in [6.45, 7) is 5.32. The van der Waals surface area contributed by atoms with Crippen LogP contribution >= 0.6 is 0 Å². The van der Waals surface area contributed by atoms with Crippen LogP contribution in [0.3, 0.4) is 0 Å². The molecule has 106 valence electrons. The maximum atomic E-state index is 11.4. The van der Waals surface area contributed by atoms with Gasteiger partial charge in [-0.05, 0) is 30.3 Å². The number of terminal acetylenes is 1. The maximum Gasteiger partial charge on any atom is 0.414 e. The van der Waals surface area contributed by atoms with Crippen molar-refractivity contribution in [3.8, 4) is 18.1 Å². The van der Waals surface area contributed by atoms with E-state index in [1.807, 2.05) is 24.1 Å². The van der Waals surface area contributed by atoms with Crippen LogP contribution in [0.1, 0.15) is 5.56 Å². The number of hydrogen-bond acceptors (Lipinski definition) is 3. The van der Waals surface area contributed by atoms with Crippen LogP contribution in [0, 0.1) is 12.3 Å². The molecular weight excluding hydrogens is 252 g/mol. The summed E-state index contributed by atoms with van der Waals surface area (Å²) in [5.74, 6) is 3.10. The third-order valence-corrected chi connectivity index (χ3v) is 2.65. The van der Waals surface area contributed by atoms with Gasteiger partial charge in [0.15, 0.2) is 0 Å². The van der Waals surface area contributed by atoms with Gasteiger partial charge in [0.25, 0.3) is 0 Å². The van der Waals surface area contributed by atoms with E-state index in [2.05, 4.69) is 12.5 Å². The molecule has 20 heavy (non-hydrogen) atoms. The molecule has 0 bridgehead atoms. The third kappa shape index (κ3) is 4.79. The number of ether oxygens (including phenoxy) is 1. The molecular formula is C16H20N2O2. The van der Waals surface area contributed by atoms with Crippen molar-refractivity contribution >= 4 is 11.7 Å². The van der Waals surface area contributed by atoms with Crippen LogP contribution in [0.2, 0.25) is 0 Å². The van der Waals surface area contributed by atoms with Gasteiger partial charge in [0, 0.05) is 20.6 Å². The van der Waals surface area contributed by atoms with Crippen LogP contribution in [-0.2, 0) is 0 Å². The first-order chi connectivity index (χ1) is 9.43. The highest BCUT2D eigenvalue weighted by molar-refractivity contribution is 5.71. The summed E-state index contributed by atoms with van der Waals surface area (Å²) >= 11 is 0. The van der Waals surface area contributed by atoms with Gasteiger partial charge in [0.1, 0.15) is 5.75 Å². The fourth-order valence-electron chi connectivity index (χ4n) is 1.58. The number of amides is 1. The van der Waals surface area contributed by atoms with E-state index in [1.165, 1.54) is 4.90 Å². The molecule has 0 aliphatic heterocycles. The number of hydrogen-bond donors (Lipinski definition) is 0. The summed E-state index contributed by atoms with van der Waals surface area (Å²) in [5, 5.41) is 0. The van der Waals surface area contributed by atoms with Crippen molar-refractivity contribution < 1.29 is 9.53 Å². The highest BCUT2D eigenvalue weighted by Gasteiger charge is 2.07. The zero-order chi connectivity index (χ0) is 15.1. The molecule has 1 aromatic rings. The SMILES string of the molecule is C#CCN(C)CC(=C)c1ccc(OC(=O)N(C)C)cc1. The van der Waals surface area contributed by atoms with E-state index in [-0.39, 0.29) is 0 Å². The van der Waals surface area contributed by atoms with E-state index in [0.717, 1.165) is 11.1 Å². The van der Waals surface area contributed by atoms with Gasteiger partial charge in [-0.2, -0.15) is 0 Å². The Morgan fingerprint density at radius 3 is 2.40 bits per heavy atom. The molecule has 0 heterocycles. The molecule has 4 heteroatoms. The van der Waals surface area contributed by atoms with Gasteiger partial charge in [-0.25, -0.2) is 4.79 Å². The van der Waals surface area contributed by atoms with Crippen LogP contribution in [0.25, 0.3) is 5.57 Å². The molecule has 0 saturated carbocycles. The number of rotatable bonds is 5. The summed E-state index contributed by atoms with van der Waals surface area (Å²) in [5.41, 5.74) is 1.96. The quantitative estimate of drug-likeness (QED) is 0.771. The molecule has 1 aromatic carbocycles. The van der Waals surface area contributed by atoms with Crippen molar-refractivity contribution in [1.82, 2.24) is 9.80 Å². The van der Waals surface area contributed by atoms with Gasteiger partial charge < -0.3 is 9.64 Å². The topological polar surface area (TPSA) is 32.8 Å². The van der Waals surface area contributed by atoms with Crippen LogP contribution in [0.15, 0.2) is 30.8 Å². The maximum absolute atomic E-state index is 11.4. The average molecular weight is 272 g/mol. The summed E-state index contributed by atoms with van der Waals surface area (Å²) in [6.07, 6.45) is 4.86. The molecule has 0 atom stereocenters. The summed E-state index contributed by atoms with van der Waals surface area (Å²) < 4.78 is 5.15. The van der Waals surface area contributed by atoms with Gasteiger partial charge in [0.05, 0.1) is 6.54 Å². The van der Waals surface area contributed by atoms with E-state index in [0.29, 0.717) is 18.8 Å². The molecule has 1 amide bonds. The smallest absolute Gasteiger partial charge is 0.410 e. The number of nitrogens with zero attached hydrogens (tertiary/aromatic N) is 2. The molecule has 0 aromatic heterocycles. The number of likely N-dealkylation sites (N-methyl/N-ethyl adjacent to an activating group) is 1. The molecule has 1 rings (SSSR count). The Kier molecular flexibility index (Phi) is 5.82. The molecule has 0 aliphatic rings. The largest absolute Gasteiger partial charge is 0.414 e. The molecule has 0 aliphatic carbocycles. The van der Waals surface area contributed by atoms with Crippen molar-refractivity contribution in [2.45, 2.75) is 0 Å². The normalized spacial score (nSPS) is 9.95. The van der Waals surface area contributed by atoms with Gasteiger partial charge in [-0.3, -0.25) is 4.90 Å². The Morgan fingerprint density at radius 2 is 1.90 bits per heavy atom. The van der Waals surface area contributed by atoms with Crippen molar-refractivity contribution in [1.29, 1.82) is 0 Å². The Balaban J connectivity index is 2.64. The minimum absolute atomic E-state index is 0.398. The lowest BCUT2D eigenvalue weighted by molar-refractivity contribution is 0.172. The highest BCUT2D eigenvalue weighted by atomic mass is 16.6. The summed E-state index contributed by atoms with van der Waals surface area (Å²) in [6, 6.07) is 7.26. The van der Waals surface area contributed by atoms with E-state index in [4.69, 9.17) is 11.2 Å².